The maximum atomic E-state index is 13.0. The molecule has 1 saturated heterocycles. The number of benzene rings is 2. The van der Waals surface area contributed by atoms with Crippen LogP contribution in [0.2, 0.25) is 0 Å². The largest absolute Gasteiger partial charge is 0.489 e. The number of hydrogen-bond acceptors (Lipinski definition) is 4. The van der Waals surface area contributed by atoms with Crippen molar-refractivity contribution >= 4 is 0 Å². The van der Waals surface area contributed by atoms with E-state index >= 15 is 0 Å². The number of piperidine rings is 1. The lowest BCUT2D eigenvalue weighted by atomic mass is 9.87. The third-order valence-electron chi connectivity index (χ3n) is 5.18. The van der Waals surface area contributed by atoms with Crippen molar-refractivity contribution in [1.29, 1.82) is 0 Å². The first-order valence-electron chi connectivity index (χ1n) is 9.15. The Labute approximate surface area is 153 Å². The van der Waals surface area contributed by atoms with Crippen molar-refractivity contribution in [2.24, 2.45) is 0 Å². The Hall–Kier alpha value is -1.95. The minimum atomic E-state index is -0.993. The van der Waals surface area contributed by atoms with Crippen LogP contribution in [-0.4, -0.2) is 42.4 Å². The van der Waals surface area contributed by atoms with Crippen LogP contribution in [0.1, 0.15) is 24.0 Å². The van der Waals surface area contributed by atoms with Gasteiger partial charge >= 0.3 is 0 Å². The highest BCUT2D eigenvalue weighted by atomic mass is 19.1. The normalized spacial score (nSPS) is 26.3. The molecule has 0 radical (unpaired) electrons. The molecule has 138 valence electrons. The summed E-state index contributed by atoms with van der Waals surface area (Å²) >= 11 is 0. The second-order valence-corrected chi connectivity index (χ2v) is 7.25. The van der Waals surface area contributed by atoms with Gasteiger partial charge in [-0.3, -0.25) is 4.90 Å². The molecule has 5 heteroatoms. The zero-order chi connectivity index (χ0) is 18.0. The molecule has 2 aliphatic rings. The second-order valence-electron chi connectivity index (χ2n) is 7.25. The summed E-state index contributed by atoms with van der Waals surface area (Å²) in [5, 5.41) is 11.2. The highest BCUT2D eigenvalue weighted by molar-refractivity contribution is 5.34. The fourth-order valence-corrected chi connectivity index (χ4v) is 3.97. The first-order chi connectivity index (χ1) is 12.6. The van der Waals surface area contributed by atoms with E-state index in [0.29, 0.717) is 25.5 Å². The molecule has 0 spiro atoms. The fourth-order valence-electron chi connectivity index (χ4n) is 3.97. The van der Waals surface area contributed by atoms with Gasteiger partial charge in [0.25, 0.3) is 0 Å². The van der Waals surface area contributed by atoms with E-state index in [2.05, 4.69) is 4.90 Å². The van der Waals surface area contributed by atoms with Gasteiger partial charge in [-0.25, -0.2) is 4.39 Å². The average Bonchev–Trinajstić information content (AvgIpc) is 2.64. The summed E-state index contributed by atoms with van der Waals surface area (Å²) in [5.41, 5.74) is 1.03. The van der Waals surface area contributed by atoms with E-state index in [4.69, 9.17) is 9.47 Å². The number of hydrogen-bond donors (Lipinski definition) is 1. The van der Waals surface area contributed by atoms with E-state index < -0.39 is 5.60 Å². The number of β-amino-alcohol motifs (C(OH)–C–C–N with tert-alkyl or cyclic N) is 1. The van der Waals surface area contributed by atoms with Gasteiger partial charge in [-0.05, 0) is 54.8 Å². The quantitative estimate of drug-likeness (QED) is 0.913. The maximum Gasteiger partial charge on any atom is 0.126 e. The SMILES string of the molecule is OC1(CN2CCCC(Oc3ccc(F)cc3)C2)COCc2ccccc21. The molecule has 2 aromatic rings. The predicted molar refractivity (Wildman–Crippen MR) is 96.5 cm³/mol. The van der Waals surface area contributed by atoms with Gasteiger partial charge in [0.1, 0.15) is 23.3 Å². The van der Waals surface area contributed by atoms with Gasteiger partial charge in [-0.15, -0.1) is 0 Å². The van der Waals surface area contributed by atoms with Crippen molar-refractivity contribution in [1.82, 2.24) is 4.90 Å². The number of halogens is 1. The van der Waals surface area contributed by atoms with Gasteiger partial charge in [0.05, 0.1) is 13.2 Å². The fraction of sp³-hybridized carbons (Fsp3) is 0.429. The Kier molecular flexibility index (Phi) is 4.94. The molecule has 2 aliphatic heterocycles. The molecule has 0 bridgehead atoms. The van der Waals surface area contributed by atoms with Gasteiger partial charge in [-0.2, -0.15) is 0 Å². The first kappa shape index (κ1) is 17.5. The summed E-state index contributed by atoms with van der Waals surface area (Å²) in [6.45, 7) is 3.04. The van der Waals surface area contributed by atoms with Crippen molar-refractivity contribution in [3.63, 3.8) is 0 Å². The molecular weight excluding hydrogens is 333 g/mol. The van der Waals surface area contributed by atoms with Crippen LogP contribution in [0.5, 0.6) is 5.75 Å². The zero-order valence-corrected chi connectivity index (χ0v) is 14.7. The topological polar surface area (TPSA) is 41.9 Å². The van der Waals surface area contributed by atoms with E-state index in [0.717, 1.165) is 37.1 Å². The molecule has 2 unspecified atom stereocenters. The van der Waals surface area contributed by atoms with E-state index in [1.807, 2.05) is 24.3 Å². The molecule has 1 fully saturated rings. The lowest BCUT2D eigenvalue weighted by molar-refractivity contribution is -0.0957. The molecular formula is C21H24FNO3. The summed E-state index contributed by atoms with van der Waals surface area (Å²) in [7, 11) is 0. The number of nitrogens with zero attached hydrogens (tertiary/aromatic N) is 1. The van der Waals surface area contributed by atoms with Gasteiger partial charge in [-0.1, -0.05) is 24.3 Å². The van der Waals surface area contributed by atoms with Gasteiger partial charge in [0, 0.05) is 13.1 Å². The van der Waals surface area contributed by atoms with Crippen LogP contribution in [0, 0.1) is 5.82 Å². The number of likely N-dealkylation sites (tertiary alicyclic amines) is 1. The Morgan fingerprint density at radius 3 is 2.85 bits per heavy atom. The van der Waals surface area contributed by atoms with E-state index in [9.17, 15) is 9.50 Å². The Balaban J connectivity index is 1.43. The first-order valence-corrected chi connectivity index (χ1v) is 9.15. The molecule has 4 nitrogen and oxygen atoms in total. The highest BCUT2D eigenvalue weighted by Crippen LogP contribution is 2.32. The van der Waals surface area contributed by atoms with Crippen molar-refractivity contribution in [2.75, 3.05) is 26.2 Å². The number of aliphatic hydroxyl groups is 1. The summed E-state index contributed by atoms with van der Waals surface area (Å²) in [6, 6.07) is 14.1. The van der Waals surface area contributed by atoms with Crippen molar-refractivity contribution < 1.29 is 19.0 Å². The molecule has 0 amide bonds. The summed E-state index contributed by atoms with van der Waals surface area (Å²) < 4.78 is 24.7. The van der Waals surface area contributed by atoms with Crippen molar-refractivity contribution in [3.05, 3.63) is 65.5 Å². The Bertz CT molecular complexity index is 751. The zero-order valence-electron chi connectivity index (χ0n) is 14.7. The minimum absolute atomic E-state index is 0.0394. The predicted octanol–water partition coefficient (Wildman–Crippen LogP) is 3.09. The minimum Gasteiger partial charge on any atom is -0.489 e. The van der Waals surface area contributed by atoms with Crippen LogP contribution in [0.4, 0.5) is 4.39 Å². The number of ether oxygens (including phenoxy) is 2. The summed E-state index contributed by atoms with van der Waals surface area (Å²) in [6.07, 6.45) is 2.00. The molecule has 2 atom stereocenters. The molecule has 1 N–H and O–H groups in total. The van der Waals surface area contributed by atoms with Crippen LogP contribution in [0.15, 0.2) is 48.5 Å². The highest BCUT2D eigenvalue weighted by Gasteiger charge is 2.38. The van der Waals surface area contributed by atoms with Crippen LogP contribution >= 0.6 is 0 Å². The summed E-state index contributed by atoms with van der Waals surface area (Å²) in [4.78, 5) is 2.24. The summed E-state index contributed by atoms with van der Waals surface area (Å²) in [5.74, 6) is 0.420. The molecule has 2 aromatic carbocycles. The second kappa shape index (κ2) is 7.35. The monoisotopic (exact) mass is 357 g/mol. The number of fused-ring (bicyclic) bond motifs is 1. The van der Waals surface area contributed by atoms with Crippen LogP contribution in [-0.2, 0) is 16.9 Å². The molecule has 2 heterocycles. The standard InChI is InChI=1S/C21H24FNO3/c22-17-7-9-18(10-8-17)26-19-5-3-11-23(12-19)14-21(24)15-25-13-16-4-1-2-6-20(16)21/h1-2,4,6-10,19,24H,3,5,11-15H2. The van der Waals surface area contributed by atoms with Crippen molar-refractivity contribution in [2.45, 2.75) is 31.2 Å². The lowest BCUT2D eigenvalue weighted by Crippen LogP contribution is -2.51. The molecule has 0 aliphatic carbocycles. The number of rotatable bonds is 4. The van der Waals surface area contributed by atoms with Crippen LogP contribution in [0.3, 0.4) is 0 Å². The Morgan fingerprint density at radius 2 is 2.00 bits per heavy atom. The molecule has 0 saturated carbocycles. The van der Waals surface area contributed by atoms with Crippen LogP contribution in [0.25, 0.3) is 0 Å². The van der Waals surface area contributed by atoms with Crippen LogP contribution < -0.4 is 4.74 Å². The third-order valence-corrected chi connectivity index (χ3v) is 5.18. The maximum absolute atomic E-state index is 13.0. The molecule has 26 heavy (non-hydrogen) atoms. The van der Waals surface area contributed by atoms with E-state index in [-0.39, 0.29) is 11.9 Å². The Morgan fingerprint density at radius 1 is 1.19 bits per heavy atom. The van der Waals surface area contributed by atoms with Gasteiger partial charge < -0.3 is 14.6 Å². The molecule has 0 aromatic heterocycles. The average molecular weight is 357 g/mol. The van der Waals surface area contributed by atoms with E-state index in [1.54, 1.807) is 12.1 Å². The third kappa shape index (κ3) is 3.75. The smallest absolute Gasteiger partial charge is 0.126 e. The van der Waals surface area contributed by atoms with Gasteiger partial charge in [0.15, 0.2) is 0 Å². The van der Waals surface area contributed by atoms with Crippen molar-refractivity contribution in [3.8, 4) is 5.75 Å². The lowest BCUT2D eigenvalue weighted by Gasteiger charge is -2.41. The van der Waals surface area contributed by atoms with Gasteiger partial charge in [0.2, 0.25) is 0 Å². The molecule has 4 rings (SSSR count). The van der Waals surface area contributed by atoms with E-state index in [1.165, 1.54) is 12.1 Å².